The van der Waals surface area contributed by atoms with Gasteiger partial charge >= 0.3 is 0 Å². The largest absolute Gasteiger partial charge is 0.360 e. The molecule has 0 unspecified atom stereocenters. The van der Waals surface area contributed by atoms with E-state index in [2.05, 4.69) is 10.5 Å². The summed E-state index contributed by atoms with van der Waals surface area (Å²) in [5.74, 6) is 1.86. The molecule has 0 saturated heterocycles. The Balaban J connectivity index is 2.09. The summed E-state index contributed by atoms with van der Waals surface area (Å²) in [5, 5.41) is 7.29. The number of hydrogen-bond acceptors (Lipinski definition) is 3. The van der Waals surface area contributed by atoms with Crippen molar-refractivity contribution in [2.45, 2.75) is 31.8 Å². The number of nitrogens with one attached hydrogen (secondary N) is 1. The van der Waals surface area contributed by atoms with Crippen molar-refractivity contribution in [1.82, 2.24) is 10.5 Å². The fourth-order valence-corrected chi connectivity index (χ4v) is 1.66. The van der Waals surface area contributed by atoms with E-state index in [1.807, 2.05) is 0 Å². The third-order valence-electron chi connectivity index (χ3n) is 2.44. The molecule has 1 aliphatic heterocycles. The molecule has 3 nitrogen and oxygen atoms in total. The van der Waals surface area contributed by atoms with Gasteiger partial charge in [-0.1, -0.05) is 5.16 Å². The van der Waals surface area contributed by atoms with Gasteiger partial charge in [-0.3, -0.25) is 0 Å². The second-order valence-electron chi connectivity index (χ2n) is 3.35. The topological polar surface area (TPSA) is 38.1 Å². The summed E-state index contributed by atoms with van der Waals surface area (Å²) in [6.45, 7) is 1.86. The monoisotopic (exact) mass is 150 g/mol. The van der Waals surface area contributed by atoms with Crippen LogP contribution >= 0.6 is 0 Å². The van der Waals surface area contributed by atoms with Gasteiger partial charge in [-0.05, 0) is 12.8 Å². The summed E-state index contributed by atoms with van der Waals surface area (Å²) in [4.78, 5) is 0. The third kappa shape index (κ3) is 0.744. The summed E-state index contributed by atoms with van der Waals surface area (Å²) in [6, 6.07) is 0. The van der Waals surface area contributed by atoms with Crippen molar-refractivity contribution in [3.63, 3.8) is 0 Å². The molecule has 1 fully saturated rings. The minimum Gasteiger partial charge on any atom is -0.360 e. The highest BCUT2D eigenvalue weighted by Gasteiger charge is 2.33. The van der Waals surface area contributed by atoms with Gasteiger partial charge in [-0.25, -0.2) is 0 Å². The third-order valence-corrected chi connectivity index (χ3v) is 2.44. The lowest BCUT2D eigenvalue weighted by molar-refractivity contribution is 0.371. The van der Waals surface area contributed by atoms with Crippen LogP contribution in [0.2, 0.25) is 0 Å². The van der Waals surface area contributed by atoms with E-state index in [0.717, 1.165) is 24.5 Å². The standard InChI is InChI=1S/C8H10N2O/c1-2-5(1)8-6-3-9-4-7(6)10-11-8/h5,9H,1-4H2. The van der Waals surface area contributed by atoms with Gasteiger partial charge in [0.1, 0.15) is 11.5 Å². The van der Waals surface area contributed by atoms with E-state index in [1.165, 1.54) is 18.4 Å². The van der Waals surface area contributed by atoms with Crippen LogP contribution in [0.15, 0.2) is 4.52 Å². The van der Waals surface area contributed by atoms with Crippen molar-refractivity contribution in [1.29, 1.82) is 0 Å². The van der Waals surface area contributed by atoms with E-state index in [4.69, 9.17) is 4.52 Å². The molecule has 1 aromatic heterocycles. The minimum absolute atomic E-state index is 0.700. The lowest BCUT2D eigenvalue weighted by Crippen LogP contribution is -2.02. The second-order valence-corrected chi connectivity index (χ2v) is 3.35. The molecule has 1 N–H and O–H groups in total. The zero-order valence-electron chi connectivity index (χ0n) is 6.26. The van der Waals surface area contributed by atoms with Gasteiger partial charge in [0, 0.05) is 24.6 Å². The van der Waals surface area contributed by atoms with Crippen molar-refractivity contribution in [3.8, 4) is 0 Å². The molecule has 0 spiro atoms. The molecule has 3 heteroatoms. The fraction of sp³-hybridized carbons (Fsp3) is 0.625. The second kappa shape index (κ2) is 1.85. The smallest absolute Gasteiger partial charge is 0.144 e. The summed E-state index contributed by atoms with van der Waals surface area (Å²) in [5.41, 5.74) is 2.47. The summed E-state index contributed by atoms with van der Waals surface area (Å²) >= 11 is 0. The Hall–Kier alpha value is -0.830. The molecular formula is C8H10N2O. The minimum atomic E-state index is 0.700. The molecule has 58 valence electrons. The van der Waals surface area contributed by atoms with Gasteiger partial charge in [0.2, 0.25) is 0 Å². The van der Waals surface area contributed by atoms with E-state index in [0.29, 0.717) is 5.92 Å². The maximum atomic E-state index is 5.27. The number of fused-ring (bicyclic) bond motifs is 1. The molecule has 2 heterocycles. The molecular weight excluding hydrogens is 140 g/mol. The zero-order valence-corrected chi connectivity index (χ0v) is 6.26. The first-order valence-electron chi connectivity index (χ1n) is 4.13. The van der Waals surface area contributed by atoms with Crippen LogP contribution in [-0.4, -0.2) is 5.16 Å². The predicted molar refractivity (Wildman–Crippen MR) is 39.0 cm³/mol. The van der Waals surface area contributed by atoms with Crippen LogP contribution < -0.4 is 5.32 Å². The number of nitrogens with zero attached hydrogens (tertiary/aromatic N) is 1. The van der Waals surface area contributed by atoms with Crippen molar-refractivity contribution in [2.24, 2.45) is 0 Å². The van der Waals surface area contributed by atoms with Crippen LogP contribution in [0, 0.1) is 0 Å². The van der Waals surface area contributed by atoms with Gasteiger partial charge in [-0.2, -0.15) is 0 Å². The molecule has 3 rings (SSSR count). The Labute approximate surface area is 64.8 Å². The molecule has 1 saturated carbocycles. The van der Waals surface area contributed by atoms with Crippen LogP contribution in [0.4, 0.5) is 0 Å². The molecule has 1 aliphatic carbocycles. The van der Waals surface area contributed by atoms with Gasteiger partial charge < -0.3 is 9.84 Å². The van der Waals surface area contributed by atoms with E-state index < -0.39 is 0 Å². The summed E-state index contributed by atoms with van der Waals surface area (Å²) in [6.07, 6.45) is 2.59. The van der Waals surface area contributed by atoms with Crippen LogP contribution in [0.25, 0.3) is 0 Å². The highest BCUT2D eigenvalue weighted by atomic mass is 16.5. The van der Waals surface area contributed by atoms with Crippen molar-refractivity contribution < 1.29 is 4.52 Å². The molecule has 0 atom stereocenters. The summed E-state index contributed by atoms with van der Waals surface area (Å²) < 4.78 is 5.27. The van der Waals surface area contributed by atoms with Gasteiger partial charge in [0.15, 0.2) is 0 Å². The molecule has 0 radical (unpaired) electrons. The quantitative estimate of drug-likeness (QED) is 0.652. The Bertz CT molecular complexity index is 288. The van der Waals surface area contributed by atoms with E-state index in [1.54, 1.807) is 0 Å². The molecule has 0 bridgehead atoms. The first-order valence-corrected chi connectivity index (χ1v) is 4.13. The van der Waals surface area contributed by atoms with Crippen molar-refractivity contribution >= 4 is 0 Å². The number of aromatic nitrogens is 1. The van der Waals surface area contributed by atoms with Crippen LogP contribution in [-0.2, 0) is 13.1 Å². The summed E-state index contributed by atoms with van der Waals surface area (Å²) in [7, 11) is 0. The maximum absolute atomic E-state index is 5.27. The van der Waals surface area contributed by atoms with E-state index in [9.17, 15) is 0 Å². The highest BCUT2D eigenvalue weighted by Crippen LogP contribution is 2.43. The van der Waals surface area contributed by atoms with Gasteiger partial charge in [0.05, 0.1) is 0 Å². The van der Waals surface area contributed by atoms with E-state index in [-0.39, 0.29) is 0 Å². The zero-order chi connectivity index (χ0) is 7.26. The first kappa shape index (κ1) is 5.77. The van der Waals surface area contributed by atoms with E-state index >= 15 is 0 Å². The number of rotatable bonds is 1. The Morgan fingerprint density at radius 1 is 1.36 bits per heavy atom. The van der Waals surface area contributed by atoms with Crippen LogP contribution in [0.5, 0.6) is 0 Å². The molecule has 0 aromatic carbocycles. The average molecular weight is 150 g/mol. The maximum Gasteiger partial charge on any atom is 0.144 e. The Kier molecular flexibility index (Phi) is 0.973. The molecule has 11 heavy (non-hydrogen) atoms. The number of hydrogen-bond donors (Lipinski definition) is 1. The molecule has 2 aliphatic rings. The lowest BCUT2D eigenvalue weighted by atomic mass is 10.2. The normalized spacial score (nSPS) is 22.2. The van der Waals surface area contributed by atoms with Crippen molar-refractivity contribution in [2.75, 3.05) is 0 Å². The Morgan fingerprint density at radius 3 is 3.09 bits per heavy atom. The fourth-order valence-electron chi connectivity index (χ4n) is 1.66. The SMILES string of the molecule is C1NCc2c1noc2C1CC1. The first-order chi connectivity index (χ1) is 5.45. The van der Waals surface area contributed by atoms with Crippen LogP contribution in [0.1, 0.15) is 35.8 Å². The predicted octanol–water partition coefficient (Wildman–Crippen LogP) is 1.16. The van der Waals surface area contributed by atoms with Crippen molar-refractivity contribution in [3.05, 3.63) is 17.0 Å². The van der Waals surface area contributed by atoms with Gasteiger partial charge in [0.25, 0.3) is 0 Å². The molecule has 1 aromatic rings. The van der Waals surface area contributed by atoms with Crippen LogP contribution in [0.3, 0.4) is 0 Å². The lowest BCUT2D eigenvalue weighted by Gasteiger charge is -1.91. The van der Waals surface area contributed by atoms with Gasteiger partial charge in [-0.15, -0.1) is 0 Å². The Morgan fingerprint density at radius 2 is 2.27 bits per heavy atom. The average Bonchev–Trinajstić information content (AvgIpc) is 2.63. The highest BCUT2D eigenvalue weighted by molar-refractivity contribution is 5.30. The molecule has 0 amide bonds.